The van der Waals surface area contributed by atoms with Crippen LogP contribution in [0.4, 0.5) is 5.69 Å². The zero-order valence-electron chi connectivity index (χ0n) is 19.7. The molecule has 1 heterocycles. The summed E-state index contributed by atoms with van der Waals surface area (Å²) >= 11 is 0. The summed E-state index contributed by atoms with van der Waals surface area (Å²) in [6.45, 7) is 4.43. The van der Waals surface area contributed by atoms with E-state index in [4.69, 9.17) is 5.73 Å². The number of piperazine rings is 1. The van der Waals surface area contributed by atoms with Crippen LogP contribution in [0.25, 0.3) is 0 Å². The number of para-hydroxylation sites is 1. The summed E-state index contributed by atoms with van der Waals surface area (Å²) in [6.07, 6.45) is 0. The Balaban J connectivity index is 1.43. The molecule has 0 radical (unpaired) electrons. The van der Waals surface area contributed by atoms with Crippen LogP contribution in [0.1, 0.15) is 17.2 Å². The van der Waals surface area contributed by atoms with Crippen LogP contribution in [0.3, 0.4) is 0 Å². The number of nitrogens with two attached hydrogens (primary N) is 1. The maximum absolute atomic E-state index is 12.9. The third-order valence-corrected chi connectivity index (χ3v) is 6.95. The maximum Gasteiger partial charge on any atom is 0.244 e. The molecule has 2 N–H and O–H groups in total. The van der Waals surface area contributed by atoms with Gasteiger partial charge in [-0.15, -0.1) is 0 Å². The summed E-state index contributed by atoms with van der Waals surface area (Å²) in [4.78, 5) is 16.9. The summed E-state index contributed by atoms with van der Waals surface area (Å²) in [6, 6.07) is 31.0. The monoisotopic (exact) mass is 443 g/mol. The van der Waals surface area contributed by atoms with Gasteiger partial charge in [-0.1, -0.05) is 78.9 Å². The molecule has 1 aliphatic heterocycles. The number of hydrogen-bond acceptors (Lipinski definition) is 3. The van der Waals surface area contributed by atoms with Crippen LogP contribution >= 0.6 is 0 Å². The summed E-state index contributed by atoms with van der Waals surface area (Å²) in [5, 5.41) is 0. The van der Waals surface area contributed by atoms with Gasteiger partial charge in [-0.05, 0) is 12.1 Å². The van der Waals surface area contributed by atoms with E-state index in [1.165, 1.54) is 11.1 Å². The molecule has 1 aliphatic rings. The van der Waals surface area contributed by atoms with Gasteiger partial charge in [-0.2, -0.15) is 0 Å². The van der Waals surface area contributed by atoms with E-state index in [0.29, 0.717) is 6.54 Å². The van der Waals surface area contributed by atoms with Crippen molar-refractivity contribution in [3.8, 4) is 0 Å². The second-order valence-electron chi connectivity index (χ2n) is 9.29. The fourth-order valence-electron chi connectivity index (χ4n) is 4.97. The van der Waals surface area contributed by atoms with Gasteiger partial charge in [0.25, 0.3) is 0 Å². The van der Waals surface area contributed by atoms with E-state index >= 15 is 0 Å². The second kappa shape index (κ2) is 10.3. The fraction of sp³-hybridized carbons (Fsp3) is 0.321. The van der Waals surface area contributed by atoms with Gasteiger partial charge in [-0.3, -0.25) is 9.69 Å². The highest BCUT2D eigenvalue weighted by Gasteiger charge is 2.39. The van der Waals surface area contributed by atoms with Crippen molar-refractivity contribution in [1.82, 2.24) is 4.90 Å². The molecular formula is C28H35N4O+. The largest absolute Gasteiger partial charge is 0.319 e. The third kappa shape index (κ3) is 5.33. The lowest BCUT2D eigenvalue weighted by Crippen LogP contribution is -2.61. The van der Waals surface area contributed by atoms with Crippen LogP contribution < -0.4 is 10.6 Å². The van der Waals surface area contributed by atoms with Crippen molar-refractivity contribution in [2.75, 3.05) is 51.7 Å². The molecule has 4 rings (SSSR count). The molecule has 0 bridgehead atoms. The molecule has 1 amide bonds. The van der Waals surface area contributed by atoms with Crippen LogP contribution in [0.2, 0.25) is 0 Å². The van der Waals surface area contributed by atoms with E-state index in [9.17, 15) is 4.79 Å². The van der Waals surface area contributed by atoms with E-state index in [1.54, 1.807) is 11.9 Å². The normalized spacial score (nSPS) is 17.0. The highest BCUT2D eigenvalue weighted by molar-refractivity contribution is 5.96. The molecule has 3 aromatic carbocycles. The Bertz CT molecular complexity index is 978. The number of carbonyl (C=O) groups excluding carboxylic acids is 1. The summed E-state index contributed by atoms with van der Waals surface area (Å²) < 4.78 is 0.942. The molecule has 33 heavy (non-hydrogen) atoms. The minimum atomic E-state index is -0.536. The van der Waals surface area contributed by atoms with E-state index < -0.39 is 6.04 Å². The lowest BCUT2D eigenvalue weighted by Gasteiger charge is -2.47. The lowest BCUT2D eigenvalue weighted by molar-refractivity contribution is -0.937. The Morgan fingerprint density at radius 1 is 0.879 bits per heavy atom. The lowest BCUT2D eigenvalue weighted by atomic mass is 9.94. The van der Waals surface area contributed by atoms with Crippen molar-refractivity contribution in [3.63, 3.8) is 0 Å². The fourth-order valence-corrected chi connectivity index (χ4v) is 4.97. The molecule has 0 spiro atoms. The van der Waals surface area contributed by atoms with Gasteiger partial charge in [0.05, 0.1) is 26.2 Å². The van der Waals surface area contributed by atoms with E-state index in [2.05, 4.69) is 72.6 Å². The predicted octanol–water partition coefficient (Wildman–Crippen LogP) is 3.53. The molecule has 1 fully saturated rings. The first-order valence-corrected chi connectivity index (χ1v) is 11.7. The Kier molecular flexibility index (Phi) is 7.23. The van der Waals surface area contributed by atoms with Crippen LogP contribution in [0, 0.1) is 0 Å². The highest BCUT2D eigenvalue weighted by atomic mass is 16.2. The van der Waals surface area contributed by atoms with Crippen molar-refractivity contribution in [3.05, 3.63) is 102 Å². The molecular weight excluding hydrogens is 408 g/mol. The average molecular weight is 444 g/mol. The third-order valence-electron chi connectivity index (χ3n) is 6.95. The summed E-state index contributed by atoms with van der Waals surface area (Å²) in [5.74, 6) is -0.0459. The van der Waals surface area contributed by atoms with Crippen molar-refractivity contribution >= 4 is 11.6 Å². The molecule has 5 nitrogen and oxygen atoms in total. The molecule has 172 valence electrons. The van der Waals surface area contributed by atoms with Gasteiger partial charge in [-0.25, -0.2) is 0 Å². The number of amides is 1. The first kappa shape index (κ1) is 23.2. The van der Waals surface area contributed by atoms with Gasteiger partial charge >= 0.3 is 0 Å². The number of anilines is 1. The number of hydrogen-bond donors (Lipinski definition) is 1. The highest BCUT2D eigenvalue weighted by Crippen LogP contribution is 2.34. The van der Waals surface area contributed by atoms with E-state index in [1.807, 2.05) is 30.3 Å². The Morgan fingerprint density at radius 3 is 1.82 bits per heavy atom. The van der Waals surface area contributed by atoms with Gasteiger partial charge < -0.3 is 15.1 Å². The predicted molar refractivity (Wildman–Crippen MR) is 135 cm³/mol. The first-order chi connectivity index (χ1) is 16.0. The smallest absolute Gasteiger partial charge is 0.244 e. The Labute approximate surface area is 197 Å². The maximum atomic E-state index is 12.9. The van der Waals surface area contributed by atoms with Crippen molar-refractivity contribution in [1.29, 1.82) is 0 Å². The average Bonchev–Trinajstić information content (AvgIpc) is 2.86. The second-order valence-corrected chi connectivity index (χ2v) is 9.29. The number of likely N-dealkylation sites (N-methyl/N-ethyl adjacent to an activating group) is 2. The number of rotatable bonds is 7. The van der Waals surface area contributed by atoms with E-state index in [0.717, 1.165) is 36.3 Å². The van der Waals surface area contributed by atoms with Gasteiger partial charge in [0.15, 0.2) is 0 Å². The zero-order valence-corrected chi connectivity index (χ0v) is 19.7. The van der Waals surface area contributed by atoms with Gasteiger partial charge in [0.1, 0.15) is 6.04 Å². The number of carbonyl (C=O) groups is 1. The zero-order chi connectivity index (χ0) is 23.3. The summed E-state index contributed by atoms with van der Waals surface area (Å²) in [5.41, 5.74) is 9.91. The molecule has 1 unspecified atom stereocenters. The molecule has 0 aromatic heterocycles. The van der Waals surface area contributed by atoms with E-state index in [-0.39, 0.29) is 11.9 Å². The first-order valence-electron chi connectivity index (χ1n) is 11.7. The topological polar surface area (TPSA) is 49.6 Å². The standard InChI is InChI=1S/C28H35N4O/c1-30(25-16-10-5-11-17-25)28(33)26(29)22-31-18-20-32(2,21-19-31)27(23-12-6-3-7-13-23)24-14-8-4-9-15-24/h3-17,26-27H,18-22,29H2,1-2H3/q+1. The molecule has 1 atom stereocenters. The van der Waals surface area contributed by atoms with Crippen LogP contribution in [-0.2, 0) is 4.79 Å². The summed E-state index contributed by atoms with van der Waals surface area (Å²) in [7, 11) is 4.16. The number of benzene rings is 3. The Morgan fingerprint density at radius 2 is 1.33 bits per heavy atom. The molecule has 1 saturated heterocycles. The molecule has 3 aromatic rings. The minimum absolute atomic E-state index is 0.0459. The minimum Gasteiger partial charge on any atom is -0.319 e. The Hall–Kier alpha value is -2.99. The molecule has 0 aliphatic carbocycles. The SMILES string of the molecule is CN(C(=O)C(N)CN1CC[N+](C)(C(c2ccccc2)c2ccccc2)CC1)c1ccccc1. The molecule has 0 saturated carbocycles. The van der Waals surface area contributed by atoms with Crippen molar-refractivity contribution < 1.29 is 9.28 Å². The van der Waals surface area contributed by atoms with Crippen molar-refractivity contribution in [2.24, 2.45) is 5.73 Å². The number of nitrogens with zero attached hydrogens (tertiary/aromatic N) is 3. The van der Waals surface area contributed by atoms with Crippen LogP contribution in [0.15, 0.2) is 91.0 Å². The van der Waals surface area contributed by atoms with Gasteiger partial charge in [0.2, 0.25) is 5.91 Å². The van der Waals surface area contributed by atoms with Crippen LogP contribution in [-0.4, -0.2) is 68.2 Å². The quantitative estimate of drug-likeness (QED) is 0.569. The van der Waals surface area contributed by atoms with Crippen molar-refractivity contribution in [2.45, 2.75) is 12.1 Å². The molecule has 5 heteroatoms. The van der Waals surface area contributed by atoms with Crippen LogP contribution in [0.5, 0.6) is 0 Å². The van der Waals surface area contributed by atoms with Gasteiger partial charge in [0, 0.05) is 43.5 Å². The number of quaternary nitrogens is 1.